The number of rotatable bonds is 6. The van der Waals surface area contributed by atoms with Crippen LogP contribution in [0.15, 0.2) is 30.3 Å². The van der Waals surface area contributed by atoms with Gasteiger partial charge in [0, 0.05) is 11.8 Å². The molecule has 1 rings (SSSR count). The van der Waals surface area contributed by atoms with Crippen LogP contribution in [0.2, 0.25) is 0 Å². The Morgan fingerprint density at radius 1 is 1.22 bits per heavy atom. The summed E-state index contributed by atoms with van der Waals surface area (Å²) in [4.78, 5) is 0. The van der Waals surface area contributed by atoms with Gasteiger partial charge in [0.05, 0.1) is 19.3 Å². The molecule has 18 heavy (non-hydrogen) atoms. The van der Waals surface area contributed by atoms with Crippen molar-refractivity contribution in [3.05, 3.63) is 35.9 Å². The summed E-state index contributed by atoms with van der Waals surface area (Å²) in [6.07, 6.45) is -0.437. The summed E-state index contributed by atoms with van der Waals surface area (Å²) in [6.45, 7) is 6.86. The second-order valence-corrected chi connectivity index (χ2v) is 4.65. The summed E-state index contributed by atoms with van der Waals surface area (Å²) in [5.74, 6) is 5.89. The lowest BCUT2D eigenvalue weighted by molar-refractivity contribution is 0.0150. The first-order chi connectivity index (χ1) is 8.65. The molecule has 0 saturated carbocycles. The highest BCUT2D eigenvalue weighted by Crippen LogP contribution is 2.13. The minimum Gasteiger partial charge on any atom is -0.391 e. The highest BCUT2D eigenvalue weighted by molar-refractivity contribution is 5.13. The van der Waals surface area contributed by atoms with Crippen molar-refractivity contribution < 1.29 is 9.84 Å². The molecular formula is C16H22O2. The van der Waals surface area contributed by atoms with Gasteiger partial charge in [-0.1, -0.05) is 43.2 Å². The van der Waals surface area contributed by atoms with Crippen molar-refractivity contribution in [1.29, 1.82) is 0 Å². The molecule has 0 aromatic heterocycles. The van der Waals surface area contributed by atoms with E-state index in [0.29, 0.717) is 13.2 Å². The number of hydrogen-bond acceptors (Lipinski definition) is 2. The van der Waals surface area contributed by atoms with Gasteiger partial charge in [-0.15, -0.1) is 5.92 Å². The maximum absolute atomic E-state index is 10.0. The van der Waals surface area contributed by atoms with Gasteiger partial charge < -0.3 is 9.84 Å². The van der Waals surface area contributed by atoms with E-state index in [4.69, 9.17) is 4.74 Å². The molecule has 1 N–H and O–H groups in total. The van der Waals surface area contributed by atoms with Gasteiger partial charge >= 0.3 is 0 Å². The van der Waals surface area contributed by atoms with Gasteiger partial charge in [0.15, 0.2) is 0 Å². The van der Waals surface area contributed by atoms with E-state index in [2.05, 4.69) is 11.8 Å². The molecule has 0 radical (unpaired) electrons. The Morgan fingerprint density at radius 2 is 1.89 bits per heavy atom. The molecule has 0 aliphatic heterocycles. The lowest BCUT2D eigenvalue weighted by Crippen LogP contribution is -2.28. The predicted octanol–water partition coefficient (Wildman–Crippen LogP) is 2.86. The zero-order valence-electron chi connectivity index (χ0n) is 11.4. The Bertz CT molecular complexity index is 389. The fourth-order valence-corrected chi connectivity index (χ4v) is 1.84. The van der Waals surface area contributed by atoms with E-state index in [1.807, 2.05) is 44.2 Å². The topological polar surface area (TPSA) is 29.5 Å². The van der Waals surface area contributed by atoms with Crippen molar-refractivity contribution in [3.63, 3.8) is 0 Å². The second-order valence-electron chi connectivity index (χ2n) is 4.65. The van der Waals surface area contributed by atoms with Crippen molar-refractivity contribution in [2.45, 2.75) is 33.5 Å². The fourth-order valence-electron chi connectivity index (χ4n) is 1.84. The third-order valence-electron chi connectivity index (χ3n) is 2.96. The minimum absolute atomic E-state index is 0.00896. The maximum atomic E-state index is 10.0. The molecule has 98 valence electrons. The first-order valence-electron chi connectivity index (χ1n) is 6.37. The quantitative estimate of drug-likeness (QED) is 0.782. The molecule has 2 heteroatoms. The Morgan fingerprint density at radius 3 is 2.50 bits per heavy atom. The molecular weight excluding hydrogens is 224 g/mol. The number of hydrogen-bond donors (Lipinski definition) is 1. The van der Waals surface area contributed by atoms with Crippen LogP contribution in [0, 0.1) is 23.7 Å². The van der Waals surface area contributed by atoms with E-state index in [0.717, 1.165) is 5.56 Å². The summed E-state index contributed by atoms with van der Waals surface area (Å²) in [5.41, 5.74) is 1.15. The third-order valence-corrected chi connectivity index (χ3v) is 2.96. The largest absolute Gasteiger partial charge is 0.391 e. The van der Waals surface area contributed by atoms with Crippen LogP contribution in [0.25, 0.3) is 0 Å². The minimum atomic E-state index is -0.437. The molecule has 1 aromatic carbocycles. The summed E-state index contributed by atoms with van der Waals surface area (Å²) < 4.78 is 5.62. The summed E-state index contributed by atoms with van der Waals surface area (Å²) >= 11 is 0. The summed E-state index contributed by atoms with van der Waals surface area (Å²) in [5, 5.41) is 10.0. The van der Waals surface area contributed by atoms with Crippen molar-refractivity contribution in [3.8, 4) is 11.8 Å². The number of aliphatic hydroxyl groups is 1. The maximum Gasteiger partial charge on any atom is 0.0722 e. The van der Waals surface area contributed by atoms with Crippen LogP contribution in [0.4, 0.5) is 0 Å². The van der Waals surface area contributed by atoms with E-state index in [1.54, 1.807) is 6.92 Å². The molecule has 0 unspecified atom stereocenters. The average Bonchev–Trinajstić information content (AvgIpc) is 2.39. The van der Waals surface area contributed by atoms with E-state index in [9.17, 15) is 5.11 Å². The van der Waals surface area contributed by atoms with Gasteiger partial charge in [-0.3, -0.25) is 0 Å². The van der Waals surface area contributed by atoms with E-state index < -0.39 is 6.10 Å². The van der Waals surface area contributed by atoms with Crippen LogP contribution in [-0.2, 0) is 11.3 Å². The monoisotopic (exact) mass is 246 g/mol. The highest BCUT2D eigenvalue weighted by atomic mass is 16.5. The van der Waals surface area contributed by atoms with Gasteiger partial charge in [0.1, 0.15) is 0 Å². The van der Waals surface area contributed by atoms with Crippen molar-refractivity contribution in [1.82, 2.24) is 0 Å². The fraction of sp³-hybridized carbons (Fsp3) is 0.500. The number of ether oxygens (including phenoxy) is 1. The molecule has 1 aromatic rings. The molecule has 0 aliphatic carbocycles. The summed E-state index contributed by atoms with van der Waals surface area (Å²) in [7, 11) is 0. The number of benzene rings is 1. The van der Waals surface area contributed by atoms with Gasteiger partial charge in [0.2, 0.25) is 0 Å². The standard InChI is InChI=1S/C16H22O2/c1-4-8-13(2)16(17)14(3)11-18-12-15-9-6-5-7-10-15/h5-7,9-10,13-14,16-17H,11-12H2,1-3H3/t13-,14-,16-/m0/s1. The van der Waals surface area contributed by atoms with Crippen molar-refractivity contribution >= 4 is 0 Å². The molecule has 0 bridgehead atoms. The van der Waals surface area contributed by atoms with Crippen molar-refractivity contribution in [2.24, 2.45) is 11.8 Å². The molecule has 0 spiro atoms. The third kappa shape index (κ3) is 4.91. The van der Waals surface area contributed by atoms with E-state index in [-0.39, 0.29) is 11.8 Å². The Hall–Kier alpha value is -1.30. The molecule has 0 heterocycles. The Balaban J connectivity index is 2.32. The van der Waals surface area contributed by atoms with E-state index in [1.165, 1.54) is 0 Å². The Labute approximate surface area is 110 Å². The van der Waals surface area contributed by atoms with Gasteiger partial charge in [-0.05, 0) is 19.4 Å². The lowest BCUT2D eigenvalue weighted by Gasteiger charge is -2.21. The second kappa shape index (κ2) is 7.92. The van der Waals surface area contributed by atoms with Gasteiger partial charge in [-0.2, -0.15) is 0 Å². The van der Waals surface area contributed by atoms with Crippen LogP contribution in [0.3, 0.4) is 0 Å². The molecule has 0 saturated heterocycles. The molecule has 0 aliphatic rings. The van der Waals surface area contributed by atoms with E-state index >= 15 is 0 Å². The van der Waals surface area contributed by atoms with Gasteiger partial charge in [0.25, 0.3) is 0 Å². The predicted molar refractivity (Wildman–Crippen MR) is 73.9 cm³/mol. The molecule has 3 atom stereocenters. The molecule has 2 nitrogen and oxygen atoms in total. The molecule has 0 fully saturated rings. The average molecular weight is 246 g/mol. The van der Waals surface area contributed by atoms with Crippen LogP contribution < -0.4 is 0 Å². The number of aliphatic hydroxyl groups excluding tert-OH is 1. The normalized spacial score (nSPS) is 15.3. The van der Waals surface area contributed by atoms with Crippen molar-refractivity contribution in [2.75, 3.05) is 6.61 Å². The molecule has 0 amide bonds. The first kappa shape index (κ1) is 14.8. The van der Waals surface area contributed by atoms with Crippen LogP contribution in [0.5, 0.6) is 0 Å². The zero-order valence-corrected chi connectivity index (χ0v) is 11.4. The Kier molecular flexibility index (Phi) is 6.49. The zero-order chi connectivity index (χ0) is 13.4. The van der Waals surface area contributed by atoms with Crippen LogP contribution in [0.1, 0.15) is 26.3 Å². The lowest BCUT2D eigenvalue weighted by atomic mass is 9.94. The smallest absolute Gasteiger partial charge is 0.0722 e. The first-order valence-corrected chi connectivity index (χ1v) is 6.37. The SMILES string of the molecule is CC#C[C@H](C)[C@H](O)[C@@H](C)COCc1ccccc1. The van der Waals surface area contributed by atoms with Gasteiger partial charge in [-0.25, -0.2) is 0 Å². The van der Waals surface area contributed by atoms with Crippen LogP contribution >= 0.6 is 0 Å². The summed E-state index contributed by atoms with van der Waals surface area (Å²) in [6, 6.07) is 10.0. The highest BCUT2D eigenvalue weighted by Gasteiger charge is 2.19. The van der Waals surface area contributed by atoms with Crippen LogP contribution in [-0.4, -0.2) is 17.8 Å².